The van der Waals surface area contributed by atoms with Crippen molar-refractivity contribution in [1.82, 2.24) is 5.32 Å². The number of nitrogens with one attached hydrogen (secondary N) is 1. The van der Waals surface area contributed by atoms with Crippen LogP contribution in [0.4, 0.5) is 0 Å². The fourth-order valence-corrected chi connectivity index (χ4v) is 3.51. The number of para-hydroxylation sites is 1. The predicted molar refractivity (Wildman–Crippen MR) is 83.0 cm³/mol. The standard InChI is InChI=1S/C18H27NO/c1-2-9-16(10-3-1)19-14-15-8-4-7-13-18(15)20-17-11-5-6-12-17/h4,7-8,13,16-17,19H,1-3,5-6,9-12,14H2. The van der Waals surface area contributed by atoms with Crippen LogP contribution in [0.1, 0.15) is 63.4 Å². The molecule has 2 heteroatoms. The van der Waals surface area contributed by atoms with Gasteiger partial charge in [0.05, 0.1) is 6.10 Å². The first kappa shape index (κ1) is 13.9. The minimum atomic E-state index is 0.450. The maximum atomic E-state index is 6.21. The Morgan fingerprint density at radius 2 is 1.60 bits per heavy atom. The van der Waals surface area contributed by atoms with Gasteiger partial charge in [0.15, 0.2) is 0 Å². The lowest BCUT2D eigenvalue weighted by atomic mass is 9.95. The molecule has 2 aliphatic rings. The molecule has 2 aliphatic carbocycles. The Kier molecular flexibility index (Phi) is 4.96. The predicted octanol–water partition coefficient (Wildman–Crippen LogP) is 4.43. The van der Waals surface area contributed by atoms with Gasteiger partial charge in [0.25, 0.3) is 0 Å². The van der Waals surface area contributed by atoms with E-state index in [0.717, 1.165) is 12.3 Å². The molecule has 2 saturated carbocycles. The molecule has 0 saturated heterocycles. The van der Waals surface area contributed by atoms with Crippen LogP contribution in [0, 0.1) is 0 Å². The molecule has 3 rings (SSSR count). The monoisotopic (exact) mass is 273 g/mol. The van der Waals surface area contributed by atoms with E-state index in [2.05, 4.69) is 29.6 Å². The molecule has 0 unspecified atom stereocenters. The summed E-state index contributed by atoms with van der Waals surface area (Å²) in [6.45, 7) is 0.952. The maximum Gasteiger partial charge on any atom is 0.124 e. The summed E-state index contributed by atoms with van der Waals surface area (Å²) in [6.07, 6.45) is 12.4. The first-order valence-corrected chi connectivity index (χ1v) is 8.40. The molecule has 0 bridgehead atoms. The summed E-state index contributed by atoms with van der Waals surface area (Å²) < 4.78 is 6.21. The van der Waals surface area contributed by atoms with Crippen LogP contribution in [0.3, 0.4) is 0 Å². The molecule has 110 valence electrons. The highest BCUT2D eigenvalue weighted by Gasteiger charge is 2.18. The Hall–Kier alpha value is -1.02. The minimum absolute atomic E-state index is 0.450. The number of hydrogen-bond donors (Lipinski definition) is 1. The zero-order valence-electron chi connectivity index (χ0n) is 12.4. The minimum Gasteiger partial charge on any atom is -0.490 e. The van der Waals surface area contributed by atoms with E-state index in [1.807, 2.05) is 0 Å². The third-order valence-corrected chi connectivity index (χ3v) is 4.75. The van der Waals surface area contributed by atoms with Crippen molar-refractivity contribution >= 4 is 0 Å². The molecule has 20 heavy (non-hydrogen) atoms. The Morgan fingerprint density at radius 1 is 0.900 bits per heavy atom. The lowest BCUT2D eigenvalue weighted by molar-refractivity contribution is 0.207. The smallest absolute Gasteiger partial charge is 0.124 e. The summed E-state index contributed by atoms with van der Waals surface area (Å²) in [5.74, 6) is 1.10. The van der Waals surface area contributed by atoms with Gasteiger partial charge in [-0.05, 0) is 44.6 Å². The Morgan fingerprint density at radius 3 is 2.40 bits per heavy atom. The Bertz CT molecular complexity index is 406. The average molecular weight is 273 g/mol. The Labute approximate surface area is 122 Å². The fraction of sp³-hybridized carbons (Fsp3) is 0.667. The molecule has 0 aromatic heterocycles. The first-order chi connectivity index (χ1) is 9.92. The lowest BCUT2D eigenvalue weighted by Crippen LogP contribution is -2.30. The van der Waals surface area contributed by atoms with E-state index >= 15 is 0 Å². The topological polar surface area (TPSA) is 21.3 Å². The molecule has 0 aliphatic heterocycles. The van der Waals surface area contributed by atoms with Crippen LogP contribution in [-0.2, 0) is 6.54 Å². The van der Waals surface area contributed by atoms with Gasteiger partial charge in [-0.2, -0.15) is 0 Å². The second kappa shape index (κ2) is 7.12. The van der Waals surface area contributed by atoms with E-state index < -0.39 is 0 Å². The van der Waals surface area contributed by atoms with E-state index in [0.29, 0.717) is 12.1 Å². The average Bonchev–Trinajstić information content (AvgIpc) is 3.00. The molecule has 0 heterocycles. The Balaban J connectivity index is 1.57. The van der Waals surface area contributed by atoms with E-state index in [-0.39, 0.29) is 0 Å². The van der Waals surface area contributed by atoms with E-state index in [4.69, 9.17) is 4.74 Å². The molecule has 0 radical (unpaired) electrons. The summed E-state index contributed by atoms with van der Waals surface area (Å²) in [5, 5.41) is 3.72. The second-order valence-electron chi connectivity index (χ2n) is 6.35. The van der Waals surface area contributed by atoms with Gasteiger partial charge in [-0.3, -0.25) is 0 Å². The summed E-state index contributed by atoms with van der Waals surface area (Å²) in [6, 6.07) is 9.27. The molecular weight excluding hydrogens is 246 g/mol. The van der Waals surface area contributed by atoms with Gasteiger partial charge in [0.2, 0.25) is 0 Å². The van der Waals surface area contributed by atoms with Crippen molar-refractivity contribution in [3.8, 4) is 5.75 Å². The molecule has 1 aromatic rings. The zero-order chi connectivity index (χ0) is 13.6. The number of rotatable bonds is 5. The quantitative estimate of drug-likeness (QED) is 0.857. The highest BCUT2D eigenvalue weighted by Crippen LogP contribution is 2.27. The fourth-order valence-electron chi connectivity index (χ4n) is 3.51. The van der Waals surface area contributed by atoms with Crippen molar-refractivity contribution in [2.24, 2.45) is 0 Å². The van der Waals surface area contributed by atoms with E-state index in [1.165, 1.54) is 63.4 Å². The van der Waals surface area contributed by atoms with Crippen LogP contribution >= 0.6 is 0 Å². The van der Waals surface area contributed by atoms with Gasteiger partial charge in [-0.1, -0.05) is 37.5 Å². The van der Waals surface area contributed by atoms with Gasteiger partial charge in [-0.15, -0.1) is 0 Å². The van der Waals surface area contributed by atoms with E-state index in [1.54, 1.807) is 0 Å². The molecular formula is C18H27NO. The van der Waals surface area contributed by atoms with Crippen molar-refractivity contribution in [2.75, 3.05) is 0 Å². The lowest BCUT2D eigenvalue weighted by Gasteiger charge is -2.24. The van der Waals surface area contributed by atoms with Crippen molar-refractivity contribution in [2.45, 2.75) is 76.5 Å². The van der Waals surface area contributed by atoms with Crippen LogP contribution in [-0.4, -0.2) is 12.1 Å². The van der Waals surface area contributed by atoms with Crippen molar-refractivity contribution < 1.29 is 4.74 Å². The van der Waals surface area contributed by atoms with Crippen molar-refractivity contribution in [3.05, 3.63) is 29.8 Å². The summed E-state index contributed by atoms with van der Waals surface area (Å²) in [7, 11) is 0. The molecule has 2 fully saturated rings. The second-order valence-corrected chi connectivity index (χ2v) is 6.35. The third-order valence-electron chi connectivity index (χ3n) is 4.75. The van der Waals surface area contributed by atoms with E-state index in [9.17, 15) is 0 Å². The van der Waals surface area contributed by atoms with Gasteiger partial charge in [-0.25, -0.2) is 0 Å². The third kappa shape index (κ3) is 3.76. The van der Waals surface area contributed by atoms with Gasteiger partial charge in [0, 0.05) is 18.2 Å². The van der Waals surface area contributed by atoms with Crippen LogP contribution in [0.5, 0.6) is 5.75 Å². The summed E-state index contributed by atoms with van der Waals surface area (Å²) >= 11 is 0. The van der Waals surface area contributed by atoms with Crippen LogP contribution in [0.25, 0.3) is 0 Å². The maximum absolute atomic E-state index is 6.21. The highest BCUT2D eigenvalue weighted by molar-refractivity contribution is 5.33. The largest absolute Gasteiger partial charge is 0.490 e. The number of ether oxygens (including phenoxy) is 1. The van der Waals surface area contributed by atoms with Gasteiger partial charge >= 0.3 is 0 Å². The van der Waals surface area contributed by atoms with Crippen molar-refractivity contribution in [1.29, 1.82) is 0 Å². The molecule has 0 spiro atoms. The summed E-state index contributed by atoms with van der Waals surface area (Å²) in [5.41, 5.74) is 1.32. The van der Waals surface area contributed by atoms with Crippen molar-refractivity contribution in [3.63, 3.8) is 0 Å². The van der Waals surface area contributed by atoms with Crippen LogP contribution in [0.2, 0.25) is 0 Å². The molecule has 0 amide bonds. The highest BCUT2D eigenvalue weighted by atomic mass is 16.5. The SMILES string of the molecule is c1ccc(OC2CCCC2)c(CNC2CCCCC2)c1. The summed E-state index contributed by atoms with van der Waals surface area (Å²) in [4.78, 5) is 0. The molecule has 1 aromatic carbocycles. The van der Waals surface area contributed by atoms with Gasteiger partial charge < -0.3 is 10.1 Å². The van der Waals surface area contributed by atoms with Crippen LogP contribution in [0.15, 0.2) is 24.3 Å². The zero-order valence-corrected chi connectivity index (χ0v) is 12.4. The first-order valence-electron chi connectivity index (χ1n) is 8.40. The number of hydrogen-bond acceptors (Lipinski definition) is 2. The van der Waals surface area contributed by atoms with Crippen LogP contribution < -0.4 is 10.1 Å². The normalized spacial score (nSPS) is 21.2. The molecule has 2 nitrogen and oxygen atoms in total. The van der Waals surface area contributed by atoms with Gasteiger partial charge in [0.1, 0.15) is 5.75 Å². The molecule has 0 atom stereocenters. The molecule has 1 N–H and O–H groups in total. The number of benzene rings is 1.